The fraction of sp³-hybridized carbons (Fsp3) is 0.500. The van der Waals surface area contributed by atoms with E-state index in [1.54, 1.807) is 6.92 Å². The molecule has 0 radical (unpaired) electrons. The van der Waals surface area contributed by atoms with Crippen LogP contribution in [0.3, 0.4) is 0 Å². The van der Waals surface area contributed by atoms with Gasteiger partial charge in [0.25, 0.3) is 0 Å². The Morgan fingerprint density at radius 2 is 1.65 bits per heavy atom. The molecule has 0 bridgehead atoms. The third-order valence-electron chi connectivity index (χ3n) is 5.64. The average molecular weight is 425 g/mol. The number of carbonyl (C=O) groups is 2. The molecule has 3 rings (SSSR count). The summed E-state index contributed by atoms with van der Waals surface area (Å²) in [6.45, 7) is 11.0. The van der Waals surface area contributed by atoms with Crippen LogP contribution in [-0.2, 0) is 20.7 Å². The van der Waals surface area contributed by atoms with Crippen molar-refractivity contribution < 1.29 is 14.3 Å². The molecular formula is C24H32N4O3. The third-order valence-corrected chi connectivity index (χ3v) is 5.64. The van der Waals surface area contributed by atoms with Crippen LogP contribution < -0.4 is 4.90 Å². The summed E-state index contributed by atoms with van der Waals surface area (Å²) in [7, 11) is 0. The highest BCUT2D eigenvalue weighted by molar-refractivity contribution is 5.81. The molecule has 1 aromatic heterocycles. The monoisotopic (exact) mass is 424 g/mol. The van der Waals surface area contributed by atoms with Crippen LogP contribution in [-0.4, -0.2) is 59.5 Å². The zero-order valence-corrected chi connectivity index (χ0v) is 19.0. The number of carbonyl (C=O) groups excluding carboxylic acids is 2. The predicted molar refractivity (Wildman–Crippen MR) is 121 cm³/mol. The van der Waals surface area contributed by atoms with Crippen molar-refractivity contribution in [3.05, 3.63) is 41.1 Å². The molecule has 1 fully saturated rings. The van der Waals surface area contributed by atoms with Gasteiger partial charge in [-0.3, -0.25) is 9.59 Å². The number of amides is 1. The molecule has 7 nitrogen and oxygen atoms in total. The second-order valence-corrected chi connectivity index (χ2v) is 7.83. The van der Waals surface area contributed by atoms with E-state index in [9.17, 15) is 9.59 Å². The Morgan fingerprint density at radius 3 is 2.26 bits per heavy atom. The number of piperazine rings is 1. The minimum Gasteiger partial charge on any atom is -0.466 e. The highest BCUT2D eigenvalue weighted by atomic mass is 16.5. The minimum absolute atomic E-state index is 0.00244. The second kappa shape index (κ2) is 10.4. The Labute approximate surface area is 184 Å². The van der Waals surface area contributed by atoms with E-state index in [0.717, 1.165) is 34.9 Å². The Balaban J connectivity index is 1.71. The first-order valence-electron chi connectivity index (χ1n) is 11.1. The topological polar surface area (TPSA) is 75.6 Å². The number of nitrogens with zero attached hydrogens (tertiary/aromatic N) is 4. The van der Waals surface area contributed by atoms with E-state index in [0.29, 0.717) is 32.8 Å². The zero-order chi connectivity index (χ0) is 22.4. The predicted octanol–water partition coefficient (Wildman–Crippen LogP) is 3.31. The molecule has 2 aromatic rings. The van der Waals surface area contributed by atoms with Crippen LogP contribution in [0, 0.1) is 13.8 Å². The molecule has 0 unspecified atom stereocenters. The molecule has 1 aliphatic rings. The van der Waals surface area contributed by atoms with Crippen molar-refractivity contribution in [2.45, 2.75) is 47.0 Å². The largest absolute Gasteiger partial charge is 0.466 e. The first-order chi connectivity index (χ1) is 14.9. The maximum absolute atomic E-state index is 12.5. The van der Waals surface area contributed by atoms with E-state index in [2.05, 4.69) is 43.0 Å². The zero-order valence-electron chi connectivity index (χ0n) is 19.0. The highest BCUT2D eigenvalue weighted by Gasteiger charge is 2.25. The average Bonchev–Trinajstić information content (AvgIpc) is 2.77. The lowest BCUT2D eigenvalue weighted by atomic mass is 10.1. The first-order valence-corrected chi connectivity index (χ1v) is 11.1. The summed E-state index contributed by atoms with van der Waals surface area (Å²) in [5.74, 6) is 1.38. The van der Waals surface area contributed by atoms with Crippen molar-refractivity contribution in [3.8, 4) is 11.4 Å². The third kappa shape index (κ3) is 5.60. The van der Waals surface area contributed by atoms with Gasteiger partial charge in [-0.2, -0.15) is 0 Å². The molecule has 0 aliphatic carbocycles. The van der Waals surface area contributed by atoms with Crippen molar-refractivity contribution in [3.63, 3.8) is 0 Å². The van der Waals surface area contributed by atoms with Crippen molar-refractivity contribution in [2.24, 2.45) is 0 Å². The number of aryl methyl sites for hydroxylation is 2. The molecule has 1 amide bonds. The lowest BCUT2D eigenvalue weighted by Crippen LogP contribution is -2.49. The molecule has 31 heavy (non-hydrogen) atoms. The smallest absolute Gasteiger partial charge is 0.306 e. The minimum atomic E-state index is -0.317. The van der Waals surface area contributed by atoms with Gasteiger partial charge in [0.05, 0.1) is 13.0 Å². The van der Waals surface area contributed by atoms with Crippen LogP contribution in [0.4, 0.5) is 5.82 Å². The molecule has 2 heterocycles. The van der Waals surface area contributed by atoms with Gasteiger partial charge in [-0.25, -0.2) is 9.97 Å². The number of aromatic nitrogens is 2. The Kier molecular flexibility index (Phi) is 7.60. The summed E-state index contributed by atoms with van der Waals surface area (Å²) in [5.41, 5.74) is 4.36. The standard InChI is InChI=1S/C24H32N4O3/c1-5-20-18(4)25-23(19-9-7-17(3)8-10-19)26-24(20)28-15-13-27(14-16-28)21(29)11-12-22(30)31-6-2/h7-10H,5-6,11-16H2,1-4H3. The van der Waals surface area contributed by atoms with Gasteiger partial charge in [0.1, 0.15) is 5.82 Å². The van der Waals surface area contributed by atoms with Gasteiger partial charge in [-0.1, -0.05) is 36.8 Å². The maximum atomic E-state index is 12.5. The summed E-state index contributed by atoms with van der Waals surface area (Å²) in [5, 5.41) is 0. The molecule has 0 spiro atoms. The van der Waals surface area contributed by atoms with E-state index >= 15 is 0 Å². The number of anilines is 1. The lowest BCUT2D eigenvalue weighted by molar-refractivity contribution is -0.145. The van der Waals surface area contributed by atoms with Crippen LogP contribution in [0.1, 0.15) is 43.5 Å². The number of hydrogen-bond acceptors (Lipinski definition) is 6. The summed E-state index contributed by atoms with van der Waals surface area (Å²) in [6.07, 6.45) is 1.19. The molecule has 1 saturated heterocycles. The molecule has 0 atom stereocenters. The van der Waals surface area contributed by atoms with Gasteiger partial charge in [0.15, 0.2) is 5.82 Å². The molecule has 0 N–H and O–H groups in total. The Morgan fingerprint density at radius 1 is 0.968 bits per heavy atom. The van der Waals surface area contributed by atoms with Gasteiger partial charge < -0.3 is 14.5 Å². The van der Waals surface area contributed by atoms with Crippen LogP contribution in [0.25, 0.3) is 11.4 Å². The van der Waals surface area contributed by atoms with Gasteiger partial charge >= 0.3 is 5.97 Å². The van der Waals surface area contributed by atoms with Gasteiger partial charge in [0, 0.05) is 49.4 Å². The van der Waals surface area contributed by atoms with E-state index in [1.807, 2.05) is 11.8 Å². The Bertz CT molecular complexity index is 919. The van der Waals surface area contributed by atoms with Crippen LogP contribution in [0.5, 0.6) is 0 Å². The molecular weight excluding hydrogens is 392 g/mol. The van der Waals surface area contributed by atoms with Crippen molar-refractivity contribution >= 4 is 17.7 Å². The molecule has 1 aromatic carbocycles. The van der Waals surface area contributed by atoms with Gasteiger partial charge in [-0.15, -0.1) is 0 Å². The maximum Gasteiger partial charge on any atom is 0.306 e. The quantitative estimate of drug-likeness (QED) is 0.635. The van der Waals surface area contributed by atoms with E-state index in [-0.39, 0.29) is 24.7 Å². The van der Waals surface area contributed by atoms with E-state index < -0.39 is 0 Å². The summed E-state index contributed by atoms with van der Waals surface area (Å²) >= 11 is 0. The fourth-order valence-corrected chi connectivity index (χ4v) is 3.86. The van der Waals surface area contributed by atoms with Crippen LogP contribution in [0.2, 0.25) is 0 Å². The highest BCUT2D eigenvalue weighted by Crippen LogP contribution is 2.27. The Hall–Kier alpha value is -2.96. The van der Waals surface area contributed by atoms with Crippen molar-refractivity contribution in [1.82, 2.24) is 14.9 Å². The lowest BCUT2D eigenvalue weighted by Gasteiger charge is -2.36. The van der Waals surface area contributed by atoms with E-state index in [4.69, 9.17) is 14.7 Å². The number of esters is 1. The van der Waals surface area contributed by atoms with Crippen LogP contribution >= 0.6 is 0 Å². The number of hydrogen-bond donors (Lipinski definition) is 0. The molecule has 7 heteroatoms. The second-order valence-electron chi connectivity index (χ2n) is 7.83. The van der Waals surface area contributed by atoms with Crippen molar-refractivity contribution in [1.29, 1.82) is 0 Å². The SMILES string of the molecule is CCOC(=O)CCC(=O)N1CCN(c2nc(-c3ccc(C)cc3)nc(C)c2CC)CC1. The van der Waals surface area contributed by atoms with Crippen molar-refractivity contribution in [2.75, 3.05) is 37.7 Å². The van der Waals surface area contributed by atoms with Gasteiger partial charge in [-0.05, 0) is 27.2 Å². The number of rotatable bonds is 7. The number of ether oxygens (including phenoxy) is 1. The van der Waals surface area contributed by atoms with Gasteiger partial charge in [0.2, 0.25) is 5.91 Å². The van der Waals surface area contributed by atoms with Crippen LogP contribution in [0.15, 0.2) is 24.3 Å². The first kappa shape index (κ1) is 22.7. The van der Waals surface area contributed by atoms with E-state index in [1.165, 1.54) is 5.56 Å². The molecule has 0 saturated carbocycles. The summed E-state index contributed by atoms with van der Waals surface area (Å²) < 4.78 is 4.91. The summed E-state index contributed by atoms with van der Waals surface area (Å²) in [6, 6.07) is 8.25. The molecule has 166 valence electrons. The molecule has 1 aliphatic heterocycles. The summed E-state index contributed by atoms with van der Waals surface area (Å²) in [4.78, 5) is 37.8. The number of benzene rings is 1. The fourth-order valence-electron chi connectivity index (χ4n) is 3.86. The normalized spacial score (nSPS) is 13.9.